The number of methoxy groups -OCH3 is 1. The summed E-state index contributed by atoms with van der Waals surface area (Å²) in [6.07, 6.45) is 3.95. The van der Waals surface area contributed by atoms with E-state index in [9.17, 15) is 5.11 Å². The van der Waals surface area contributed by atoms with Crippen LogP contribution in [0.3, 0.4) is 0 Å². The van der Waals surface area contributed by atoms with Gasteiger partial charge in [0.15, 0.2) is 0 Å². The highest BCUT2D eigenvalue weighted by Crippen LogP contribution is 2.34. The minimum atomic E-state index is -0.635. The Morgan fingerprint density at radius 2 is 2.11 bits per heavy atom. The molecule has 0 saturated heterocycles. The maximum Gasteiger partial charge on any atom is 0.122 e. The Bertz CT molecular complexity index is 414. The summed E-state index contributed by atoms with van der Waals surface area (Å²) in [5, 5.41) is 10.6. The molecule has 1 aliphatic carbocycles. The molecular weight excluding hydrogens is 294 g/mol. The minimum absolute atomic E-state index is 0.245. The quantitative estimate of drug-likeness (QED) is 0.902. The summed E-state index contributed by atoms with van der Waals surface area (Å²) in [6.45, 7) is 0. The van der Waals surface area contributed by atoms with Crippen LogP contribution in [0.25, 0.3) is 0 Å². The van der Waals surface area contributed by atoms with Crippen LogP contribution in [-0.2, 0) is 6.42 Å². The molecule has 1 fully saturated rings. The number of ether oxygens (including phenoxy) is 1. The van der Waals surface area contributed by atoms with Gasteiger partial charge in [-0.1, -0.05) is 15.9 Å². The van der Waals surface area contributed by atoms with Crippen LogP contribution in [0, 0.1) is 0 Å². The van der Waals surface area contributed by atoms with Gasteiger partial charge in [0.25, 0.3) is 0 Å². The highest BCUT2D eigenvalue weighted by atomic mass is 79.9. The molecule has 1 aromatic rings. The van der Waals surface area contributed by atoms with Gasteiger partial charge in [-0.05, 0) is 49.4 Å². The normalized spacial score (nSPS) is 28.1. The van der Waals surface area contributed by atoms with Crippen molar-refractivity contribution >= 4 is 15.9 Å². The van der Waals surface area contributed by atoms with Gasteiger partial charge in [-0.2, -0.15) is 0 Å². The predicted molar refractivity (Wildman–Crippen MR) is 75.8 cm³/mol. The van der Waals surface area contributed by atoms with Gasteiger partial charge >= 0.3 is 0 Å². The fourth-order valence-corrected chi connectivity index (χ4v) is 3.00. The van der Waals surface area contributed by atoms with E-state index in [0.717, 1.165) is 41.5 Å². The third kappa shape index (κ3) is 3.25. The molecule has 4 heteroatoms. The zero-order chi connectivity index (χ0) is 13.2. The monoisotopic (exact) mass is 313 g/mol. The molecule has 3 N–H and O–H groups in total. The standard InChI is InChI=1S/C14H20BrNO2/c1-18-13-3-2-11(15)8-10(13)9-14(17)6-4-12(16)5-7-14/h2-3,8,12,17H,4-7,9,16H2,1H3. The van der Waals surface area contributed by atoms with E-state index < -0.39 is 5.60 Å². The topological polar surface area (TPSA) is 55.5 Å². The van der Waals surface area contributed by atoms with Crippen LogP contribution in [0.4, 0.5) is 0 Å². The van der Waals surface area contributed by atoms with Crippen molar-refractivity contribution in [3.8, 4) is 5.75 Å². The van der Waals surface area contributed by atoms with Crippen molar-refractivity contribution in [2.75, 3.05) is 7.11 Å². The fourth-order valence-electron chi connectivity index (χ4n) is 2.59. The van der Waals surface area contributed by atoms with Crippen LogP contribution in [0.5, 0.6) is 5.75 Å². The molecule has 0 aliphatic heterocycles. The van der Waals surface area contributed by atoms with Crippen LogP contribution in [0.2, 0.25) is 0 Å². The van der Waals surface area contributed by atoms with Gasteiger partial charge in [0, 0.05) is 16.9 Å². The molecule has 2 rings (SSSR count). The van der Waals surface area contributed by atoms with Gasteiger partial charge in [0.05, 0.1) is 12.7 Å². The lowest BCUT2D eigenvalue weighted by molar-refractivity contribution is -0.000220. The molecule has 100 valence electrons. The maximum atomic E-state index is 10.6. The summed E-state index contributed by atoms with van der Waals surface area (Å²) in [5.41, 5.74) is 6.30. The number of nitrogens with two attached hydrogens (primary N) is 1. The summed E-state index contributed by atoms with van der Waals surface area (Å²) in [7, 11) is 1.66. The van der Waals surface area contributed by atoms with Crippen molar-refractivity contribution < 1.29 is 9.84 Å². The molecule has 18 heavy (non-hydrogen) atoms. The van der Waals surface area contributed by atoms with Gasteiger partial charge < -0.3 is 15.6 Å². The molecule has 0 spiro atoms. The molecule has 0 bridgehead atoms. The molecule has 0 amide bonds. The van der Waals surface area contributed by atoms with Crippen LogP contribution >= 0.6 is 15.9 Å². The first kappa shape index (κ1) is 13.8. The first-order valence-corrected chi connectivity index (χ1v) is 7.12. The molecule has 0 atom stereocenters. The van der Waals surface area contributed by atoms with E-state index in [1.165, 1.54) is 0 Å². The summed E-state index contributed by atoms with van der Waals surface area (Å²) in [5.74, 6) is 0.835. The SMILES string of the molecule is COc1ccc(Br)cc1CC1(O)CCC(N)CC1. The smallest absolute Gasteiger partial charge is 0.122 e. The number of hydrogen-bond acceptors (Lipinski definition) is 3. The fraction of sp³-hybridized carbons (Fsp3) is 0.571. The van der Waals surface area contributed by atoms with E-state index >= 15 is 0 Å². The molecule has 3 nitrogen and oxygen atoms in total. The molecule has 0 aromatic heterocycles. The minimum Gasteiger partial charge on any atom is -0.496 e. The van der Waals surface area contributed by atoms with Crippen molar-refractivity contribution in [2.24, 2.45) is 5.73 Å². The van der Waals surface area contributed by atoms with Crippen LogP contribution in [0.15, 0.2) is 22.7 Å². The van der Waals surface area contributed by atoms with Crippen molar-refractivity contribution in [1.82, 2.24) is 0 Å². The predicted octanol–water partition coefficient (Wildman–Crippen LogP) is 2.63. The molecule has 0 radical (unpaired) electrons. The summed E-state index contributed by atoms with van der Waals surface area (Å²) < 4.78 is 6.36. The first-order chi connectivity index (χ1) is 8.52. The zero-order valence-corrected chi connectivity index (χ0v) is 12.2. The Balaban J connectivity index is 2.15. The summed E-state index contributed by atoms with van der Waals surface area (Å²) >= 11 is 3.46. The van der Waals surface area contributed by atoms with E-state index in [-0.39, 0.29) is 6.04 Å². The van der Waals surface area contributed by atoms with Crippen molar-refractivity contribution in [1.29, 1.82) is 0 Å². The number of halogens is 1. The highest BCUT2D eigenvalue weighted by molar-refractivity contribution is 9.10. The van der Waals surface area contributed by atoms with Crippen molar-refractivity contribution in [3.05, 3.63) is 28.2 Å². The van der Waals surface area contributed by atoms with E-state index in [2.05, 4.69) is 15.9 Å². The number of rotatable bonds is 3. The molecule has 1 aliphatic rings. The Hall–Kier alpha value is -0.580. The Kier molecular flexibility index (Phi) is 4.30. The van der Waals surface area contributed by atoms with Gasteiger partial charge in [-0.25, -0.2) is 0 Å². The van der Waals surface area contributed by atoms with E-state index in [1.807, 2.05) is 18.2 Å². The second kappa shape index (κ2) is 5.59. The molecule has 1 saturated carbocycles. The first-order valence-electron chi connectivity index (χ1n) is 6.33. The van der Waals surface area contributed by atoms with E-state index in [4.69, 9.17) is 10.5 Å². The second-order valence-corrected chi connectivity index (χ2v) is 6.11. The van der Waals surface area contributed by atoms with Crippen LogP contribution in [-0.4, -0.2) is 23.9 Å². The molecule has 0 heterocycles. The zero-order valence-electron chi connectivity index (χ0n) is 10.7. The number of benzene rings is 1. The van der Waals surface area contributed by atoms with Gasteiger partial charge in [-0.15, -0.1) is 0 Å². The van der Waals surface area contributed by atoms with Gasteiger partial charge in [0.2, 0.25) is 0 Å². The van der Waals surface area contributed by atoms with E-state index in [1.54, 1.807) is 7.11 Å². The molecule has 0 unspecified atom stereocenters. The third-order valence-electron chi connectivity index (χ3n) is 3.72. The second-order valence-electron chi connectivity index (χ2n) is 5.19. The third-order valence-corrected chi connectivity index (χ3v) is 4.22. The van der Waals surface area contributed by atoms with Crippen molar-refractivity contribution in [2.45, 2.75) is 43.7 Å². The van der Waals surface area contributed by atoms with Gasteiger partial charge in [0.1, 0.15) is 5.75 Å². The number of aliphatic hydroxyl groups is 1. The summed E-state index contributed by atoms with van der Waals surface area (Å²) in [6, 6.07) is 6.14. The Morgan fingerprint density at radius 1 is 1.44 bits per heavy atom. The average molecular weight is 314 g/mol. The molecular formula is C14H20BrNO2. The maximum absolute atomic E-state index is 10.6. The summed E-state index contributed by atoms with van der Waals surface area (Å²) in [4.78, 5) is 0. The molecule has 1 aromatic carbocycles. The lowest BCUT2D eigenvalue weighted by Gasteiger charge is -2.35. The van der Waals surface area contributed by atoms with Gasteiger partial charge in [-0.3, -0.25) is 0 Å². The lowest BCUT2D eigenvalue weighted by atomic mass is 9.78. The van der Waals surface area contributed by atoms with E-state index in [0.29, 0.717) is 6.42 Å². The highest BCUT2D eigenvalue weighted by Gasteiger charge is 2.32. The Labute approximate surface area is 116 Å². The van der Waals surface area contributed by atoms with Crippen molar-refractivity contribution in [3.63, 3.8) is 0 Å². The van der Waals surface area contributed by atoms with Crippen LogP contribution in [0.1, 0.15) is 31.2 Å². The average Bonchev–Trinajstić information content (AvgIpc) is 2.34. The lowest BCUT2D eigenvalue weighted by Crippen LogP contribution is -2.40. The number of hydrogen-bond donors (Lipinski definition) is 2. The largest absolute Gasteiger partial charge is 0.496 e. The Morgan fingerprint density at radius 3 is 2.72 bits per heavy atom. The van der Waals surface area contributed by atoms with Crippen LogP contribution < -0.4 is 10.5 Å².